The number of hydrogen-bond acceptors (Lipinski definition) is 10. The van der Waals surface area contributed by atoms with Crippen LogP contribution in [0, 0.1) is 0 Å². The highest BCUT2D eigenvalue weighted by molar-refractivity contribution is 5.90. The summed E-state index contributed by atoms with van der Waals surface area (Å²) in [5.41, 5.74) is 0.303. The number of rotatable bonds is 20. The zero-order chi connectivity index (χ0) is 29.2. The standard InChI is InChI=1S/C30H42O10/c1-6-7-8-9-10-11-12-13-14-15-28(37-39-29(31)22-16-24(33-2)20-25(17-22)34-3)38-40-30(32)23-18-26(35-4)21-27(19-23)36-5/h16-21,28H,6-15H2,1-5H3. The summed E-state index contributed by atoms with van der Waals surface area (Å²) < 4.78 is 20.8. The monoisotopic (exact) mass is 562 g/mol. The van der Waals surface area contributed by atoms with Gasteiger partial charge in [-0.15, -0.1) is 9.78 Å². The van der Waals surface area contributed by atoms with Gasteiger partial charge in [-0.25, -0.2) is 9.59 Å². The van der Waals surface area contributed by atoms with E-state index >= 15 is 0 Å². The summed E-state index contributed by atoms with van der Waals surface area (Å²) in [7, 11) is 5.90. The van der Waals surface area contributed by atoms with Crippen molar-refractivity contribution in [1.82, 2.24) is 0 Å². The Morgan fingerprint density at radius 1 is 0.550 bits per heavy atom. The maximum atomic E-state index is 12.7. The minimum Gasteiger partial charge on any atom is -0.497 e. The molecule has 0 aliphatic rings. The third-order valence-electron chi connectivity index (χ3n) is 6.18. The molecule has 0 radical (unpaired) electrons. The highest BCUT2D eigenvalue weighted by Crippen LogP contribution is 2.25. The van der Waals surface area contributed by atoms with Gasteiger partial charge in [-0.05, 0) is 30.7 Å². The van der Waals surface area contributed by atoms with Crippen molar-refractivity contribution in [2.45, 2.75) is 77.4 Å². The van der Waals surface area contributed by atoms with Gasteiger partial charge in [-0.3, -0.25) is 9.78 Å². The first kappa shape index (κ1) is 32.7. The van der Waals surface area contributed by atoms with Crippen molar-refractivity contribution < 1.29 is 48.1 Å². The van der Waals surface area contributed by atoms with Gasteiger partial charge in [0.1, 0.15) is 23.0 Å². The summed E-state index contributed by atoms with van der Waals surface area (Å²) in [5, 5.41) is 0. The lowest BCUT2D eigenvalue weighted by molar-refractivity contribution is -0.421. The number of hydrogen-bond donors (Lipinski definition) is 0. The van der Waals surface area contributed by atoms with Gasteiger partial charge >= 0.3 is 11.9 Å². The lowest BCUT2D eigenvalue weighted by Gasteiger charge is -2.16. The van der Waals surface area contributed by atoms with E-state index in [0.29, 0.717) is 35.8 Å². The van der Waals surface area contributed by atoms with E-state index in [1.165, 1.54) is 84.8 Å². The second-order valence-electron chi connectivity index (χ2n) is 9.18. The summed E-state index contributed by atoms with van der Waals surface area (Å²) in [6, 6.07) is 9.20. The van der Waals surface area contributed by atoms with Gasteiger partial charge in [-0.2, -0.15) is 0 Å². The molecule has 0 N–H and O–H groups in total. The van der Waals surface area contributed by atoms with Gasteiger partial charge in [0.05, 0.1) is 39.6 Å². The maximum absolute atomic E-state index is 12.7. The number of methoxy groups -OCH3 is 4. The Labute approximate surface area is 236 Å². The third kappa shape index (κ3) is 11.7. The van der Waals surface area contributed by atoms with E-state index in [0.717, 1.165) is 19.3 Å². The fraction of sp³-hybridized carbons (Fsp3) is 0.533. The molecule has 40 heavy (non-hydrogen) atoms. The second kappa shape index (κ2) is 18.7. The Kier molecular flexibility index (Phi) is 15.3. The second-order valence-corrected chi connectivity index (χ2v) is 9.18. The van der Waals surface area contributed by atoms with Gasteiger partial charge in [0.2, 0.25) is 6.29 Å². The lowest BCUT2D eigenvalue weighted by Crippen LogP contribution is -2.22. The Balaban J connectivity index is 1.97. The molecule has 0 aliphatic carbocycles. The topological polar surface area (TPSA) is 108 Å². The van der Waals surface area contributed by atoms with E-state index in [1.54, 1.807) is 12.1 Å². The van der Waals surface area contributed by atoms with Crippen LogP contribution < -0.4 is 18.9 Å². The molecule has 0 fully saturated rings. The Bertz CT molecular complexity index is 923. The molecule has 0 spiro atoms. The highest BCUT2D eigenvalue weighted by atomic mass is 17.3. The molecule has 0 aromatic heterocycles. The molecule has 0 aliphatic heterocycles. The molecule has 0 unspecified atom stereocenters. The average molecular weight is 563 g/mol. The summed E-state index contributed by atoms with van der Waals surface area (Å²) in [6.45, 7) is 2.20. The first-order valence-electron chi connectivity index (χ1n) is 13.7. The fourth-order valence-corrected chi connectivity index (χ4v) is 3.88. The Morgan fingerprint density at radius 2 is 0.900 bits per heavy atom. The van der Waals surface area contributed by atoms with E-state index in [4.69, 9.17) is 38.5 Å². The maximum Gasteiger partial charge on any atom is 0.373 e. The highest BCUT2D eigenvalue weighted by Gasteiger charge is 2.21. The molecule has 0 amide bonds. The summed E-state index contributed by atoms with van der Waals surface area (Å²) in [4.78, 5) is 45.9. The smallest absolute Gasteiger partial charge is 0.373 e. The Morgan fingerprint density at radius 3 is 1.25 bits per heavy atom. The predicted octanol–water partition coefficient (Wildman–Crippen LogP) is 6.85. The summed E-state index contributed by atoms with van der Waals surface area (Å²) >= 11 is 0. The number of carbonyl (C=O) groups is 2. The van der Waals surface area contributed by atoms with Crippen molar-refractivity contribution in [3.8, 4) is 23.0 Å². The molecular weight excluding hydrogens is 520 g/mol. The molecule has 0 heterocycles. The largest absolute Gasteiger partial charge is 0.497 e. The zero-order valence-electron chi connectivity index (χ0n) is 24.2. The van der Waals surface area contributed by atoms with Crippen molar-refractivity contribution >= 4 is 11.9 Å². The predicted molar refractivity (Wildman–Crippen MR) is 148 cm³/mol. The molecular formula is C30H42O10. The number of carbonyl (C=O) groups excluding carboxylic acids is 2. The SMILES string of the molecule is CCCCCCCCCCCC(OOC(=O)c1cc(OC)cc(OC)c1)OOC(=O)c1cc(OC)cc(OC)c1. The van der Waals surface area contributed by atoms with Gasteiger partial charge in [-0.1, -0.05) is 58.3 Å². The van der Waals surface area contributed by atoms with Crippen molar-refractivity contribution in [2.24, 2.45) is 0 Å². The number of ether oxygens (including phenoxy) is 4. The van der Waals surface area contributed by atoms with Crippen LogP contribution in [0.2, 0.25) is 0 Å². The van der Waals surface area contributed by atoms with Crippen molar-refractivity contribution in [1.29, 1.82) is 0 Å². The van der Waals surface area contributed by atoms with Gasteiger partial charge in [0.25, 0.3) is 0 Å². The van der Waals surface area contributed by atoms with E-state index in [-0.39, 0.29) is 11.1 Å². The average Bonchev–Trinajstić information content (AvgIpc) is 2.99. The fourth-order valence-electron chi connectivity index (χ4n) is 3.88. The zero-order valence-corrected chi connectivity index (χ0v) is 24.2. The Hall–Kier alpha value is -3.50. The normalized spacial score (nSPS) is 10.8. The van der Waals surface area contributed by atoms with Crippen LogP contribution in [-0.2, 0) is 19.6 Å². The van der Waals surface area contributed by atoms with Crippen LogP contribution in [0.25, 0.3) is 0 Å². The summed E-state index contributed by atoms with van der Waals surface area (Å²) in [5.74, 6) is 0.0734. The minimum atomic E-state index is -1.14. The van der Waals surface area contributed by atoms with Crippen LogP contribution in [0.3, 0.4) is 0 Å². The van der Waals surface area contributed by atoms with Gasteiger partial charge < -0.3 is 18.9 Å². The van der Waals surface area contributed by atoms with Crippen molar-refractivity contribution in [3.05, 3.63) is 47.5 Å². The van der Waals surface area contributed by atoms with E-state index in [1.807, 2.05) is 0 Å². The quantitative estimate of drug-likeness (QED) is 0.0736. The van der Waals surface area contributed by atoms with Crippen LogP contribution >= 0.6 is 0 Å². The first-order chi connectivity index (χ1) is 19.4. The lowest BCUT2D eigenvalue weighted by atomic mass is 10.1. The van der Waals surface area contributed by atoms with Crippen LogP contribution in [0.4, 0.5) is 0 Å². The third-order valence-corrected chi connectivity index (χ3v) is 6.18. The van der Waals surface area contributed by atoms with Crippen LogP contribution in [-0.4, -0.2) is 46.7 Å². The molecule has 10 nitrogen and oxygen atoms in total. The van der Waals surface area contributed by atoms with Crippen LogP contribution in [0.15, 0.2) is 36.4 Å². The summed E-state index contributed by atoms with van der Waals surface area (Å²) in [6.07, 6.45) is 9.28. The molecule has 10 heteroatoms. The molecule has 2 aromatic rings. The van der Waals surface area contributed by atoms with Gasteiger partial charge in [0.15, 0.2) is 0 Å². The molecule has 0 bridgehead atoms. The minimum absolute atomic E-state index is 0.151. The van der Waals surface area contributed by atoms with Crippen molar-refractivity contribution in [2.75, 3.05) is 28.4 Å². The van der Waals surface area contributed by atoms with Crippen molar-refractivity contribution in [3.63, 3.8) is 0 Å². The molecule has 0 atom stereocenters. The van der Waals surface area contributed by atoms with E-state index in [9.17, 15) is 9.59 Å². The van der Waals surface area contributed by atoms with E-state index in [2.05, 4.69) is 6.92 Å². The first-order valence-corrected chi connectivity index (χ1v) is 13.7. The number of unbranched alkanes of at least 4 members (excludes halogenated alkanes) is 8. The number of benzene rings is 2. The molecule has 2 aromatic carbocycles. The molecule has 0 saturated carbocycles. The molecule has 222 valence electrons. The van der Waals surface area contributed by atoms with Crippen LogP contribution in [0.5, 0.6) is 23.0 Å². The van der Waals surface area contributed by atoms with Gasteiger partial charge in [0, 0.05) is 18.6 Å². The van der Waals surface area contributed by atoms with E-state index < -0.39 is 18.2 Å². The molecule has 2 rings (SSSR count). The van der Waals surface area contributed by atoms with Crippen LogP contribution in [0.1, 0.15) is 91.8 Å². The molecule has 0 saturated heterocycles.